The Kier molecular flexibility index (Phi) is 4.40. The van der Waals surface area contributed by atoms with Gasteiger partial charge in [0.15, 0.2) is 0 Å². The van der Waals surface area contributed by atoms with Crippen molar-refractivity contribution in [3.8, 4) is 0 Å². The van der Waals surface area contributed by atoms with Gasteiger partial charge >= 0.3 is 0 Å². The average Bonchev–Trinajstić information content (AvgIpc) is 2.41. The summed E-state index contributed by atoms with van der Waals surface area (Å²) in [4.78, 5) is 14.3. The monoisotopic (exact) mass is 310 g/mol. The third-order valence-corrected chi connectivity index (χ3v) is 4.47. The lowest BCUT2D eigenvalue weighted by molar-refractivity contribution is 0.0703. The molecule has 0 unspecified atom stereocenters. The van der Waals surface area contributed by atoms with Gasteiger partial charge in [0.25, 0.3) is 5.91 Å². The molecule has 0 aromatic heterocycles. The van der Waals surface area contributed by atoms with Gasteiger partial charge in [0, 0.05) is 23.1 Å². The second-order valence-corrected chi connectivity index (χ2v) is 5.72. The minimum atomic E-state index is 0.123. The first-order chi connectivity index (χ1) is 8.59. The molecule has 0 atom stereocenters. The van der Waals surface area contributed by atoms with Crippen LogP contribution in [-0.4, -0.2) is 37.0 Å². The molecule has 0 radical (unpaired) electrons. The van der Waals surface area contributed by atoms with Crippen molar-refractivity contribution in [2.24, 2.45) is 0 Å². The Morgan fingerprint density at radius 3 is 2.67 bits per heavy atom. The number of rotatable bonds is 2. The zero-order chi connectivity index (χ0) is 13.1. The molecular formula is C14H19BrN2O. The lowest BCUT2D eigenvalue weighted by atomic mass is 10.0. The average molecular weight is 311 g/mol. The molecule has 1 aliphatic heterocycles. The number of nitrogens with one attached hydrogen (secondary N) is 1. The van der Waals surface area contributed by atoms with E-state index in [4.69, 9.17) is 0 Å². The largest absolute Gasteiger partial charge is 0.339 e. The second-order valence-electron chi connectivity index (χ2n) is 4.86. The van der Waals surface area contributed by atoms with E-state index in [-0.39, 0.29) is 5.91 Å². The van der Waals surface area contributed by atoms with E-state index < -0.39 is 0 Å². The van der Waals surface area contributed by atoms with Gasteiger partial charge in [0.1, 0.15) is 0 Å². The van der Waals surface area contributed by atoms with Gasteiger partial charge in [0.05, 0.1) is 0 Å². The van der Waals surface area contributed by atoms with Gasteiger partial charge in [-0.1, -0.05) is 15.9 Å². The fraction of sp³-hybridized carbons (Fsp3) is 0.500. The van der Waals surface area contributed by atoms with Gasteiger partial charge in [-0.05, 0) is 56.6 Å². The lowest BCUT2D eigenvalue weighted by Crippen LogP contribution is -2.43. The minimum absolute atomic E-state index is 0.123. The molecule has 1 saturated heterocycles. The number of hydrogen-bond acceptors (Lipinski definition) is 2. The van der Waals surface area contributed by atoms with Gasteiger partial charge in [0.2, 0.25) is 0 Å². The van der Waals surface area contributed by atoms with Crippen LogP contribution in [0, 0.1) is 6.92 Å². The number of piperidine rings is 1. The molecule has 98 valence electrons. The summed E-state index contributed by atoms with van der Waals surface area (Å²) in [5.74, 6) is 0.123. The van der Waals surface area contributed by atoms with Gasteiger partial charge in [-0.25, -0.2) is 0 Å². The Balaban J connectivity index is 2.11. The molecule has 1 aliphatic rings. The van der Waals surface area contributed by atoms with Crippen molar-refractivity contribution in [3.05, 3.63) is 33.8 Å². The third-order valence-electron chi connectivity index (χ3n) is 3.58. The molecule has 0 aliphatic carbocycles. The second kappa shape index (κ2) is 5.85. The van der Waals surface area contributed by atoms with E-state index in [0.717, 1.165) is 41.5 Å². The number of carbonyl (C=O) groups is 1. The van der Waals surface area contributed by atoms with Crippen molar-refractivity contribution in [1.29, 1.82) is 0 Å². The summed E-state index contributed by atoms with van der Waals surface area (Å²) in [6.07, 6.45) is 2.08. The van der Waals surface area contributed by atoms with E-state index in [0.29, 0.717) is 6.04 Å². The van der Waals surface area contributed by atoms with E-state index in [9.17, 15) is 4.79 Å². The number of hydrogen-bond donors (Lipinski definition) is 1. The molecule has 1 heterocycles. The maximum Gasteiger partial charge on any atom is 0.253 e. The highest BCUT2D eigenvalue weighted by molar-refractivity contribution is 9.10. The number of aryl methyl sites for hydroxylation is 1. The van der Waals surface area contributed by atoms with Crippen LogP contribution in [0.3, 0.4) is 0 Å². The van der Waals surface area contributed by atoms with Gasteiger partial charge in [-0.2, -0.15) is 0 Å². The summed E-state index contributed by atoms with van der Waals surface area (Å²) in [6.45, 7) is 4.01. The van der Waals surface area contributed by atoms with Crippen LogP contribution in [0.25, 0.3) is 0 Å². The van der Waals surface area contributed by atoms with Crippen LogP contribution in [0.5, 0.6) is 0 Å². The van der Waals surface area contributed by atoms with Crippen molar-refractivity contribution >= 4 is 21.8 Å². The summed E-state index contributed by atoms with van der Waals surface area (Å²) in [5.41, 5.74) is 1.87. The number of amides is 1. The molecule has 3 nitrogen and oxygen atoms in total. The minimum Gasteiger partial charge on any atom is -0.339 e. The Hall–Kier alpha value is -0.870. The van der Waals surface area contributed by atoms with Crippen LogP contribution in [0.4, 0.5) is 0 Å². The fourth-order valence-corrected chi connectivity index (χ4v) is 2.59. The molecule has 0 bridgehead atoms. The highest BCUT2D eigenvalue weighted by atomic mass is 79.9. The quantitative estimate of drug-likeness (QED) is 0.910. The maximum absolute atomic E-state index is 12.4. The first-order valence-corrected chi connectivity index (χ1v) is 7.13. The Bertz CT molecular complexity index is 441. The Morgan fingerprint density at radius 1 is 1.39 bits per heavy atom. The molecule has 0 spiro atoms. The third kappa shape index (κ3) is 2.93. The van der Waals surface area contributed by atoms with Crippen LogP contribution >= 0.6 is 15.9 Å². The van der Waals surface area contributed by atoms with E-state index in [1.165, 1.54) is 0 Å². The molecule has 1 fully saturated rings. The molecule has 18 heavy (non-hydrogen) atoms. The number of nitrogens with zero attached hydrogens (tertiary/aromatic N) is 1. The first kappa shape index (κ1) is 13.6. The molecule has 4 heteroatoms. The first-order valence-electron chi connectivity index (χ1n) is 6.33. The summed E-state index contributed by atoms with van der Waals surface area (Å²) in [6, 6.07) is 6.14. The van der Waals surface area contributed by atoms with Crippen molar-refractivity contribution in [1.82, 2.24) is 10.2 Å². The highest BCUT2D eigenvalue weighted by Gasteiger charge is 2.22. The molecular weight excluding hydrogens is 292 g/mol. The van der Waals surface area contributed by atoms with Crippen LogP contribution in [0.2, 0.25) is 0 Å². The van der Waals surface area contributed by atoms with Crippen LogP contribution in [0.1, 0.15) is 28.8 Å². The number of benzene rings is 1. The van der Waals surface area contributed by atoms with Crippen molar-refractivity contribution in [3.63, 3.8) is 0 Å². The summed E-state index contributed by atoms with van der Waals surface area (Å²) < 4.78 is 1.04. The zero-order valence-electron chi connectivity index (χ0n) is 10.9. The van der Waals surface area contributed by atoms with E-state index in [1.54, 1.807) is 0 Å². The Labute approximate surface area is 117 Å². The normalized spacial score (nSPS) is 16.6. The Morgan fingerprint density at radius 2 is 2.06 bits per heavy atom. The number of carbonyl (C=O) groups excluding carboxylic acids is 1. The van der Waals surface area contributed by atoms with Crippen LogP contribution in [-0.2, 0) is 0 Å². The van der Waals surface area contributed by atoms with Gasteiger partial charge in [-0.15, -0.1) is 0 Å². The lowest BCUT2D eigenvalue weighted by Gasteiger charge is -2.31. The molecule has 1 aromatic rings. The molecule has 1 aromatic carbocycles. The summed E-state index contributed by atoms with van der Waals surface area (Å²) in [7, 11) is 1.91. The van der Waals surface area contributed by atoms with E-state index in [1.807, 2.05) is 37.1 Å². The van der Waals surface area contributed by atoms with Crippen LogP contribution in [0.15, 0.2) is 22.7 Å². The summed E-state index contributed by atoms with van der Waals surface area (Å²) in [5, 5.41) is 3.32. The number of halogens is 1. The zero-order valence-corrected chi connectivity index (χ0v) is 12.5. The molecule has 1 N–H and O–H groups in total. The molecule has 2 rings (SSSR count). The topological polar surface area (TPSA) is 32.3 Å². The van der Waals surface area contributed by atoms with Gasteiger partial charge in [-0.3, -0.25) is 4.79 Å². The predicted molar refractivity (Wildman–Crippen MR) is 76.9 cm³/mol. The molecule has 1 amide bonds. The maximum atomic E-state index is 12.4. The van der Waals surface area contributed by atoms with Gasteiger partial charge < -0.3 is 10.2 Å². The standard InChI is InChI=1S/C14H19BrN2O/c1-10-9-11(3-4-13(10)15)14(18)17(2)12-5-7-16-8-6-12/h3-4,9,12,16H,5-8H2,1-2H3. The smallest absolute Gasteiger partial charge is 0.253 e. The highest BCUT2D eigenvalue weighted by Crippen LogP contribution is 2.19. The predicted octanol–water partition coefficient (Wildman–Crippen LogP) is 2.58. The van der Waals surface area contributed by atoms with Crippen molar-refractivity contribution in [2.75, 3.05) is 20.1 Å². The van der Waals surface area contributed by atoms with E-state index in [2.05, 4.69) is 21.2 Å². The SMILES string of the molecule is Cc1cc(C(=O)N(C)C2CCNCC2)ccc1Br. The molecule has 0 saturated carbocycles. The van der Waals surface area contributed by atoms with Crippen LogP contribution < -0.4 is 5.32 Å². The fourth-order valence-electron chi connectivity index (χ4n) is 2.34. The van der Waals surface area contributed by atoms with E-state index >= 15 is 0 Å². The van der Waals surface area contributed by atoms with Crippen molar-refractivity contribution < 1.29 is 4.79 Å². The summed E-state index contributed by atoms with van der Waals surface area (Å²) >= 11 is 3.46. The van der Waals surface area contributed by atoms with Crippen molar-refractivity contribution in [2.45, 2.75) is 25.8 Å².